The average molecular weight is 409 g/mol. The summed E-state index contributed by atoms with van der Waals surface area (Å²) < 4.78 is 11.4. The van der Waals surface area contributed by atoms with E-state index in [1.807, 2.05) is 60.7 Å². The smallest absolute Gasteiger partial charge is 0.340 e. The summed E-state index contributed by atoms with van der Waals surface area (Å²) >= 11 is 0. The van der Waals surface area contributed by atoms with Gasteiger partial charge in [0.2, 0.25) is 0 Å². The number of carboxylic acids is 1. The molecule has 4 rings (SSSR count). The molecule has 0 fully saturated rings. The standard InChI is InChI=1S/C26H19NO4/c27-17-18-5-7-19(8-6-18)20-9-12-22(13-10-20)30-15-16-31-24-14-11-21-3-1-2-4-23(21)25(24)26(28)29/h1-14H,15-16H2,(H,28,29). The van der Waals surface area contributed by atoms with Crippen molar-refractivity contribution in [3.63, 3.8) is 0 Å². The van der Waals surface area contributed by atoms with E-state index in [-0.39, 0.29) is 18.8 Å². The first-order chi connectivity index (χ1) is 15.2. The Bertz CT molecular complexity index is 1260. The largest absolute Gasteiger partial charge is 0.490 e. The number of nitriles is 1. The lowest BCUT2D eigenvalue weighted by atomic mass is 10.0. The van der Waals surface area contributed by atoms with Crippen LogP contribution in [0.1, 0.15) is 15.9 Å². The zero-order valence-corrected chi connectivity index (χ0v) is 16.6. The molecule has 0 aliphatic heterocycles. The van der Waals surface area contributed by atoms with Crippen LogP contribution in [0.5, 0.6) is 11.5 Å². The highest BCUT2D eigenvalue weighted by molar-refractivity contribution is 6.06. The van der Waals surface area contributed by atoms with Crippen LogP contribution in [0.4, 0.5) is 0 Å². The second-order valence-corrected chi connectivity index (χ2v) is 6.88. The lowest BCUT2D eigenvalue weighted by Crippen LogP contribution is -2.11. The average Bonchev–Trinajstić information content (AvgIpc) is 2.81. The molecule has 31 heavy (non-hydrogen) atoms. The van der Waals surface area contributed by atoms with Crippen molar-refractivity contribution in [1.29, 1.82) is 5.26 Å². The Labute approximate surface area is 179 Å². The van der Waals surface area contributed by atoms with Gasteiger partial charge in [-0.2, -0.15) is 5.26 Å². The van der Waals surface area contributed by atoms with Gasteiger partial charge in [-0.1, -0.05) is 54.6 Å². The summed E-state index contributed by atoms with van der Waals surface area (Å²) in [7, 11) is 0. The van der Waals surface area contributed by atoms with Crippen molar-refractivity contribution < 1.29 is 19.4 Å². The first kappa shape index (κ1) is 20.0. The van der Waals surface area contributed by atoms with Crippen LogP contribution in [0.3, 0.4) is 0 Å². The molecule has 4 aromatic rings. The zero-order chi connectivity index (χ0) is 21.6. The molecule has 1 N–H and O–H groups in total. The molecule has 0 radical (unpaired) electrons. The Hall–Kier alpha value is -4.30. The minimum Gasteiger partial charge on any atom is -0.490 e. The number of carboxylic acid groups (broad SMARTS) is 1. The van der Waals surface area contributed by atoms with E-state index >= 15 is 0 Å². The Morgan fingerprint density at radius 2 is 1.45 bits per heavy atom. The maximum atomic E-state index is 11.7. The number of ether oxygens (including phenoxy) is 2. The van der Waals surface area contributed by atoms with Crippen LogP contribution >= 0.6 is 0 Å². The summed E-state index contributed by atoms with van der Waals surface area (Å²) in [6.45, 7) is 0.498. The van der Waals surface area contributed by atoms with Gasteiger partial charge < -0.3 is 14.6 Å². The topological polar surface area (TPSA) is 79.5 Å². The molecule has 0 saturated heterocycles. The fourth-order valence-corrected chi connectivity index (χ4v) is 3.38. The second-order valence-electron chi connectivity index (χ2n) is 6.88. The summed E-state index contributed by atoms with van der Waals surface area (Å²) in [5, 5.41) is 20.0. The number of rotatable bonds is 7. The van der Waals surface area contributed by atoms with Gasteiger partial charge >= 0.3 is 5.97 Å². The molecule has 0 heterocycles. The number of aromatic carboxylic acids is 1. The summed E-state index contributed by atoms with van der Waals surface area (Å²) in [4.78, 5) is 11.7. The fraction of sp³-hybridized carbons (Fsp3) is 0.0769. The van der Waals surface area contributed by atoms with Crippen molar-refractivity contribution in [3.05, 3.63) is 96.1 Å². The molecule has 0 saturated carbocycles. The van der Waals surface area contributed by atoms with E-state index in [0.29, 0.717) is 22.4 Å². The van der Waals surface area contributed by atoms with E-state index in [4.69, 9.17) is 14.7 Å². The number of nitrogens with zero attached hydrogens (tertiary/aromatic N) is 1. The van der Waals surface area contributed by atoms with Crippen molar-refractivity contribution in [2.75, 3.05) is 13.2 Å². The van der Waals surface area contributed by atoms with Crippen molar-refractivity contribution in [2.24, 2.45) is 0 Å². The highest BCUT2D eigenvalue weighted by Gasteiger charge is 2.15. The summed E-state index contributed by atoms with van der Waals surface area (Å²) in [6.07, 6.45) is 0. The summed E-state index contributed by atoms with van der Waals surface area (Å²) in [6, 6.07) is 28.0. The van der Waals surface area contributed by atoms with E-state index in [2.05, 4.69) is 6.07 Å². The van der Waals surface area contributed by atoms with E-state index in [1.165, 1.54) is 0 Å². The molecular formula is C26H19NO4. The van der Waals surface area contributed by atoms with Gasteiger partial charge in [0, 0.05) is 0 Å². The third kappa shape index (κ3) is 4.49. The SMILES string of the molecule is N#Cc1ccc(-c2ccc(OCCOc3ccc4ccccc4c3C(=O)O)cc2)cc1. The second kappa shape index (κ2) is 9.02. The van der Waals surface area contributed by atoms with Gasteiger partial charge in [0.25, 0.3) is 0 Å². The van der Waals surface area contributed by atoms with Gasteiger partial charge in [-0.25, -0.2) is 4.79 Å². The van der Waals surface area contributed by atoms with Crippen LogP contribution in [-0.2, 0) is 0 Å². The predicted octanol–water partition coefficient (Wildman–Crippen LogP) is 5.53. The predicted molar refractivity (Wildman–Crippen MR) is 118 cm³/mol. The lowest BCUT2D eigenvalue weighted by Gasteiger charge is -2.12. The molecule has 5 nitrogen and oxygen atoms in total. The first-order valence-electron chi connectivity index (χ1n) is 9.77. The van der Waals surface area contributed by atoms with Crippen LogP contribution in [0.2, 0.25) is 0 Å². The van der Waals surface area contributed by atoms with E-state index in [9.17, 15) is 9.90 Å². The number of hydrogen-bond donors (Lipinski definition) is 1. The highest BCUT2D eigenvalue weighted by atomic mass is 16.5. The van der Waals surface area contributed by atoms with Gasteiger partial charge in [-0.05, 0) is 52.2 Å². The molecule has 152 valence electrons. The van der Waals surface area contributed by atoms with Gasteiger partial charge in [-0.3, -0.25) is 0 Å². The molecule has 0 aliphatic rings. The normalized spacial score (nSPS) is 10.4. The van der Waals surface area contributed by atoms with E-state index in [0.717, 1.165) is 16.5 Å². The molecule has 0 atom stereocenters. The van der Waals surface area contributed by atoms with Crippen molar-refractivity contribution >= 4 is 16.7 Å². The minimum absolute atomic E-state index is 0.157. The third-order valence-corrected chi connectivity index (χ3v) is 4.92. The molecule has 5 heteroatoms. The minimum atomic E-state index is -1.02. The molecule has 0 aliphatic carbocycles. The van der Waals surface area contributed by atoms with Gasteiger partial charge in [-0.15, -0.1) is 0 Å². The molecular weight excluding hydrogens is 390 g/mol. The highest BCUT2D eigenvalue weighted by Crippen LogP contribution is 2.28. The lowest BCUT2D eigenvalue weighted by molar-refractivity contribution is 0.0693. The molecule has 0 unspecified atom stereocenters. The quantitative estimate of drug-likeness (QED) is 0.406. The fourth-order valence-electron chi connectivity index (χ4n) is 3.38. The third-order valence-electron chi connectivity index (χ3n) is 4.92. The van der Waals surface area contributed by atoms with Crippen molar-refractivity contribution in [1.82, 2.24) is 0 Å². The molecule has 0 aromatic heterocycles. The van der Waals surface area contributed by atoms with Crippen LogP contribution in [0.15, 0.2) is 84.9 Å². The Balaban J connectivity index is 1.37. The Morgan fingerprint density at radius 1 is 0.806 bits per heavy atom. The monoisotopic (exact) mass is 409 g/mol. The number of fused-ring (bicyclic) bond motifs is 1. The van der Waals surface area contributed by atoms with Gasteiger partial charge in [0.15, 0.2) is 0 Å². The summed E-state index contributed by atoms with van der Waals surface area (Å²) in [5.41, 5.74) is 2.83. The van der Waals surface area contributed by atoms with Crippen molar-refractivity contribution in [2.45, 2.75) is 0 Å². The zero-order valence-electron chi connectivity index (χ0n) is 16.6. The maximum absolute atomic E-state index is 11.7. The van der Waals surface area contributed by atoms with Crippen LogP contribution in [0.25, 0.3) is 21.9 Å². The summed E-state index contributed by atoms with van der Waals surface area (Å²) in [5.74, 6) is -0.00459. The van der Waals surface area contributed by atoms with Gasteiger partial charge in [0.1, 0.15) is 30.3 Å². The van der Waals surface area contributed by atoms with Crippen LogP contribution < -0.4 is 9.47 Å². The van der Waals surface area contributed by atoms with Crippen LogP contribution in [-0.4, -0.2) is 24.3 Å². The molecule has 4 aromatic carbocycles. The van der Waals surface area contributed by atoms with Gasteiger partial charge in [0.05, 0.1) is 11.6 Å². The number of benzene rings is 4. The Kier molecular flexibility index (Phi) is 5.82. The molecule has 0 bridgehead atoms. The maximum Gasteiger partial charge on any atom is 0.340 e. The van der Waals surface area contributed by atoms with E-state index < -0.39 is 5.97 Å². The van der Waals surface area contributed by atoms with Crippen LogP contribution in [0, 0.1) is 11.3 Å². The number of hydrogen-bond acceptors (Lipinski definition) is 4. The Morgan fingerprint density at radius 3 is 2.13 bits per heavy atom. The molecule has 0 spiro atoms. The van der Waals surface area contributed by atoms with E-state index in [1.54, 1.807) is 24.3 Å². The molecule has 0 amide bonds. The first-order valence-corrected chi connectivity index (χ1v) is 9.77. The van der Waals surface area contributed by atoms with Crippen molar-refractivity contribution in [3.8, 4) is 28.7 Å². The number of carbonyl (C=O) groups is 1.